The zero-order chi connectivity index (χ0) is 8.81. The Kier molecular flexibility index (Phi) is 4.08. The van der Waals surface area contributed by atoms with E-state index in [2.05, 4.69) is 0 Å². The third-order valence-corrected chi connectivity index (χ3v) is 1.95. The van der Waals surface area contributed by atoms with E-state index >= 15 is 0 Å². The molecule has 3 heteroatoms. The Bertz CT molecular complexity index is 137. The molecule has 0 aromatic heterocycles. The lowest BCUT2D eigenvalue weighted by atomic mass is 10.1. The van der Waals surface area contributed by atoms with Crippen LogP contribution >= 0.6 is 0 Å². The first kappa shape index (κ1) is 9.52. The maximum Gasteiger partial charge on any atom is 0.302 e. The molecule has 1 aliphatic rings. The van der Waals surface area contributed by atoms with Crippen molar-refractivity contribution < 1.29 is 14.3 Å². The molecule has 1 fully saturated rings. The van der Waals surface area contributed by atoms with Gasteiger partial charge in [0.25, 0.3) is 0 Å². The van der Waals surface area contributed by atoms with Gasteiger partial charge in [0, 0.05) is 13.5 Å². The molecule has 0 aromatic carbocycles. The summed E-state index contributed by atoms with van der Waals surface area (Å²) in [6.45, 7) is 2.82. The molecule has 0 N–H and O–H groups in total. The molecule has 0 aromatic rings. The van der Waals surface area contributed by atoms with Crippen LogP contribution in [-0.2, 0) is 14.3 Å². The van der Waals surface area contributed by atoms with Crippen LogP contribution < -0.4 is 0 Å². The molecule has 1 rings (SSSR count). The van der Waals surface area contributed by atoms with Crippen molar-refractivity contribution in [3.63, 3.8) is 0 Å². The molecule has 1 heterocycles. The smallest absolute Gasteiger partial charge is 0.302 e. The normalized spacial score (nSPS) is 25.6. The summed E-state index contributed by atoms with van der Waals surface area (Å²) >= 11 is 0. The van der Waals surface area contributed by atoms with E-state index in [-0.39, 0.29) is 12.1 Å². The van der Waals surface area contributed by atoms with Crippen LogP contribution in [0.3, 0.4) is 0 Å². The van der Waals surface area contributed by atoms with Gasteiger partial charge in [0.05, 0.1) is 6.61 Å². The van der Waals surface area contributed by atoms with Gasteiger partial charge in [-0.1, -0.05) is 6.42 Å². The predicted octanol–water partition coefficient (Wildman–Crippen LogP) is 1.51. The van der Waals surface area contributed by atoms with Crippen molar-refractivity contribution in [3.05, 3.63) is 0 Å². The van der Waals surface area contributed by atoms with Crippen LogP contribution in [0, 0.1) is 0 Å². The second-order valence-electron chi connectivity index (χ2n) is 3.16. The Labute approximate surface area is 73.0 Å². The summed E-state index contributed by atoms with van der Waals surface area (Å²) < 4.78 is 10.4. The van der Waals surface area contributed by atoms with Gasteiger partial charge in [-0.2, -0.15) is 0 Å². The Morgan fingerprint density at radius 2 is 2.25 bits per heavy atom. The van der Waals surface area contributed by atoms with E-state index in [1.807, 2.05) is 0 Å². The van der Waals surface area contributed by atoms with Gasteiger partial charge in [0.1, 0.15) is 6.10 Å². The zero-order valence-electron chi connectivity index (χ0n) is 7.54. The highest BCUT2D eigenvalue weighted by molar-refractivity contribution is 5.66. The number of hydrogen-bond acceptors (Lipinski definition) is 3. The fourth-order valence-electron chi connectivity index (χ4n) is 1.38. The number of carbonyl (C=O) groups is 1. The first-order valence-corrected chi connectivity index (χ1v) is 4.54. The summed E-state index contributed by atoms with van der Waals surface area (Å²) in [4.78, 5) is 10.6. The number of ether oxygens (including phenoxy) is 2. The minimum absolute atomic E-state index is 0.0113. The highest BCUT2D eigenvalue weighted by Gasteiger charge is 2.13. The van der Waals surface area contributed by atoms with Crippen LogP contribution in [0.25, 0.3) is 0 Å². The lowest BCUT2D eigenvalue weighted by Crippen LogP contribution is -2.24. The number of esters is 1. The molecule has 1 saturated heterocycles. The fraction of sp³-hybridized carbons (Fsp3) is 0.889. The molecule has 0 saturated carbocycles. The second-order valence-corrected chi connectivity index (χ2v) is 3.16. The maximum absolute atomic E-state index is 10.6. The van der Waals surface area contributed by atoms with Crippen LogP contribution in [0.15, 0.2) is 0 Å². The number of rotatable bonds is 1. The van der Waals surface area contributed by atoms with Crippen molar-refractivity contribution in [2.45, 2.75) is 38.7 Å². The van der Waals surface area contributed by atoms with Crippen molar-refractivity contribution in [2.24, 2.45) is 0 Å². The van der Waals surface area contributed by atoms with Crippen LogP contribution in [0.1, 0.15) is 32.6 Å². The van der Waals surface area contributed by atoms with Crippen LogP contribution in [-0.4, -0.2) is 25.3 Å². The molecular formula is C9H16O3. The number of carbonyl (C=O) groups excluding carboxylic acids is 1. The van der Waals surface area contributed by atoms with E-state index in [0.29, 0.717) is 6.61 Å². The lowest BCUT2D eigenvalue weighted by Gasteiger charge is -2.19. The van der Waals surface area contributed by atoms with Crippen molar-refractivity contribution in [1.29, 1.82) is 0 Å². The van der Waals surface area contributed by atoms with Gasteiger partial charge in [0.15, 0.2) is 0 Å². The SMILES string of the molecule is CC(=O)OC1CCCCCOC1. The predicted molar refractivity (Wildman–Crippen MR) is 44.8 cm³/mol. The zero-order valence-corrected chi connectivity index (χ0v) is 7.54. The molecule has 1 aliphatic heterocycles. The monoisotopic (exact) mass is 172 g/mol. The third-order valence-electron chi connectivity index (χ3n) is 1.95. The van der Waals surface area contributed by atoms with E-state index in [1.165, 1.54) is 13.3 Å². The van der Waals surface area contributed by atoms with Gasteiger partial charge >= 0.3 is 5.97 Å². The molecule has 0 radical (unpaired) electrons. The third kappa shape index (κ3) is 3.72. The van der Waals surface area contributed by atoms with Gasteiger partial charge in [0.2, 0.25) is 0 Å². The Hall–Kier alpha value is -0.570. The first-order chi connectivity index (χ1) is 5.79. The highest BCUT2D eigenvalue weighted by atomic mass is 16.6. The minimum Gasteiger partial charge on any atom is -0.460 e. The van der Waals surface area contributed by atoms with Gasteiger partial charge < -0.3 is 9.47 Å². The fourth-order valence-corrected chi connectivity index (χ4v) is 1.38. The summed E-state index contributed by atoms with van der Waals surface area (Å²) in [7, 11) is 0. The Morgan fingerprint density at radius 1 is 1.42 bits per heavy atom. The van der Waals surface area contributed by atoms with Crippen molar-refractivity contribution in [1.82, 2.24) is 0 Å². The standard InChI is InChI=1S/C9H16O3/c1-8(10)12-9-5-3-2-4-6-11-7-9/h9H,2-7H2,1H3. The lowest BCUT2D eigenvalue weighted by molar-refractivity contribution is -0.150. The summed E-state index contributed by atoms with van der Waals surface area (Å²) in [6.07, 6.45) is 4.38. The van der Waals surface area contributed by atoms with Crippen molar-refractivity contribution in [3.8, 4) is 0 Å². The first-order valence-electron chi connectivity index (χ1n) is 4.54. The Balaban J connectivity index is 2.24. The van der Waals surface area contributed by atoms with Gasteiger partial charge in [-0.25, -0.2) is 0 Å². The molecule has 0 amide bonds. The van der Waals surface area contributed by atoms with Crippen molar-refractivity contribution in [2.75, 3.05) is 13.2 Å². The molecule has 0 aliphatic carbocycles. The average Bonchev–Trinajstić information content (AvgIpc) is 1.93. The topological polar surface area (TPSA) is 35.5 Å². The van der Waals surface area contributed by atoms with E-state index < -0.39 is 0 Å². The van der Waals surface area contributed by atoms with Gasteiger partial charge in [-0.3, -0.25) is 4.79 Å². The molecule has 70 valence electrons. The summed E-state index contributed by atoms with van der Waals surface area (Å²) in [5, 5.41) is 0. The van der Waals surface area contributed by atoms with Crippen LogP contribution in [0.2, 0.25) is 0 Å². The molecule has 0 bridgehead atoms. The summed E-state index contributed by atoms with van der Waals surface area (Å²) in [5.74, 6) is -0.204. The molecular weight excluding hydrogens is 156 g/mol. The second kappa shape index (κ2) is 5.14. The average molecular weight is 172 g/mol. The van der Waals surface area contributed by atoms with E-state index in [9.17, 15) is 4.79 Å². The largest absolute Gasteiger partial charge is 0.460 e. The van der Waals surface area contributed by atoms with Gasteiger partial charge in [-0.15, -0.1) is 0 Å². The van der Waals surface area contributed by atoms with E-state index in [4.69, 9.17) is 9.47 Å². The quantitative estimate of drug-likeness (QED) is 0.562. The molecule has 1 atom stereocenters. The van der Waals surface area contributed by atoms with E-state index in [0.717, 1.165) is 25.9 Å². The van der Waals surface area contributed by atoms with Crippen LogP contribution in [0.5, 0.6) is 0 Å². The molecule has 1 unspecified atom stereocenters. The summed E-state index contributed by atoms with van der Waals surface area (Å²) in [5.41, 5.74) is 0. The molecule has 3 nitrogen and oxygen atoms in total. The minimum atomic E-state index is -0.204. The van der Waals surface area contributed by atoms with Gasteiger partial charge in [-0.05, 0) is 19.3 Å². The molecule has 0 spiro atoms. The highest BCUT2D eigenvalue weighted by Crippen LogP contribution is 2.11. The van der Waals surface area contributed by atoms with Crippen LogP contribution in [0.4, 0.5) is 0 Å². The maximum atomic E-state index is 10.6. The molecule has 12 heavy (non-hydrogen) atoms. The number of hydrogen-bond donors (Lipinski definition) is 0. The summed E-state index contributed by atoms with van der Waals surface area (Å²) in [6, 6.07) is 0. The van der Waals surface area contributed by atoms with E-state index in [1.54, 1.807) is 0 Å². The Morgan fingerprint density at radius 3 is 3.00 bits per heavy atom. The van der Waals surface area contributed by atoms with Crippen molar-refractivity contribution >= 4 is 5.97 Å².